The molecule has 0 saturated heterocycles. The fourth-order valence-corrected chi connectivity index (χ4v) is 2.67. The Kier molecular flexibility index (Phi) is 8.12. The van der Waals surface area contributed by atoms with Gasteiger partial charge in [0.25, 0.3) is 5.22 Å². The van der Waals surface area contributed by atoms with Gasteiger partial charge in [-0.2, -0.15) is 0 Å². The summed E-state index contributed by atoms with van der Waals surface area (Å²) in [7, 11) is 1.61. The van der Waals surface area contributed by atoms with E-state index in [1.54, 1.807) is 7.11 Å². The number of imide groups is 1. The molecular formula is C18H24N4O4S. The van der Waals surface area contributed by atoms with Crippen LogP contribution in [0.3, 0.4) is 0 Å². The molecule has 9 heteroatoms. The Morgan fingerprint density at radius 2 is 1.96 bits per heavy atom. The molecule has 1 aromatic carbocycles. The Balaban J connectivity index is 1.73. The number of carbonyl (C=O) groups is 2. The van der Waals surface area contributed by atoms with Gasteiger partial charge in [-0.3, -0.25) is 10.1 Å². The molecule has 8 nitrogen and oxygen atoms in total. The van der Waals surface area contributed by atoms with Gasteiger partial charge >= 0.3 is 6.03 Å². The highest BCUT2D eigenvalue weighted by Gasteiger charge is 2.12. The molecule has 0 radical (unpaired) electrons. The SMILES string of the molecule is COc1ccc(Cc2nnc(SCC(=O)NC(=O)NCCC(C)C)o2)cc1. The van der Waals surface area contributed by atoms with E-state index in [0.29, 0.717) is 24.8 Å². The van der Waals surface area contributed by atoms with E-state index in [4.69, 9.17) is 9.15 Å². The fraction of sp³-hybridized carbons (Fsp3) is 0.444. The number of rotatable bonds is 9. The Hall–Kier alpha value is -2.55. The molecule has 0 aliphatic carbocycles. The van der Waals surface area contributed by atoms with Crippen molar-refractivity contribution >= 4 is 23.7 Å². The Labute approximate surface area is 162 Å². The lowest BCUT2D eigenvalue weighted by Crippen LogP contribution is -2.40. The van der Waals surface area contributed by atoms with Crippen LogP contribution in [0.5, 0.6) is 5.75 Å². The van der Waals surface area contributed by atoms with E-state index in [0.717, 1.165) is 29.5 Å². The van der Waals surface area contributed by atoms with E-state index in [-0.39, 0.29) is 11.0 Å². The number of hydrogen-bond donors (Lipinski definition) is 2. The first-order chi connectivity index (χ1) is 13.0. The molecule has 0 unspecified atom stereocenters. The molecule has 0 aliphatic rings. The van der Waals surface area contributed by atoms with E-state index in [1.807, 2.05) is 24.3 Å². The molecule has 0 atom stereocenters. The monoisotopic (exact) mass is 392 g/mol. The molecule has 0 aliphatic heterocycles. The summed E-state index contributed by atoms with van der Waals surface area (Å²) in [5.41, 5.74) is 1.01. The largest absolute Gasteiger partial charge is 0.497 e. The summed E-state index contributed by atoms with van der Waals surface area (Å²) in [5, 5.41) is 13.1. The van der Waals surface area contributed by atoms with Gasteiger partial charge < -0.3 is 14.5 Å². The number of thioether (sulfide) groups is 1. The zero-order valence-electron chi connectivity index (χ0n) is 15.7. The minimum Gasteiger partial charge on any atom is -0.497 e. The highest BCUT2D eigenvalue weighted by atomic mass is 32.2. The third-order valence-corrected chi connectivity index (χ3v) is 4.37. The zero-order valence-corrected chi connectivity index (χ0v) is 16.5. The van der Waals surface area contributed by atoms with Gasteiger partial charge in [-0.1, -0.05) is 37.7 Å². The van der Waals surface area contributed by atoms with Gasteiger partial charge in [0.15, 0.2) is 0 Å². The maximum absolute atomic E-state index is 11.8. The van der Waals surface area contributed by atoms with Crippen LogP contribution in [0.1, 0.15) is 31.7 Å². The summed E-state index contributed by atoms with van der Waals surface area (Å²) in [5.74, 6) is 1.31. The van der Waals surface area contributed by atoms with Crippen molar-refractivity contribution in [3.05, 3.63) is 35.7 Å². The van der Waals surface area contributed by atoms with Crippen LogP contribution in [0.2, 0.25) is 0 Å². The number of aromatic nitrogens is 2. The van der Waals surface area contributed by atoms with Crippen LogP contribution in [-0.4, -0.2) is 41.5 Å². The molecule has 146 valence electrons. The summed E-state index contributed by atoms with van der Waals surface area (Å²) < 4.78 is 10.6. The lowest BCUT2D eigenvalue weighted by atomic mass is 10.1. The Morgan fingerprint density at radius 3 is 2.63 bits per heavy atom. The zero-order chi connectivity index (χ0) is 19.6. The Bertz CT molecular complexity index is 746. The number of benzene rings is 1. The van der Waals surface area contributed by atoms with Crippen LogP contribution < -0.4 is 15.4 Å². The molecule has 1 aromatic heterocycles. The van der Waals surface area contributed by atoms with Gasteiger partial charge in [0.2, 0.25) is 11.8 Å². The van der Waals surface area contributed by atoms with E-state index in [9.17, 15) is 9.59 Å². The molecule has 2 aromatic rings. The predicted molar refractivity (Wildman–Crippen MR) is 102 cm³/mol. The number of nitrogens with zero attached hydrogens (tertiary/aromatic N) is 2. The second-order valence-electron chi connectivity index (χ2n) is 6.26. The molecule has 2 N–H and O–H groups in total. The minimum absolute atomic E-state index is 0.0156. The van der Waals surface area contributed by atoms with Gasteiger partial charge in [0, 0.05) is 6.54 Å². The summed E-state index contributed by atoms with van der Waals surface area (Å²) in [6.07, 6.45) is 1.34. The van der Waals surface area contributed by atoms with Crippen LogP contribution >= 0.6 is 11.8 Å². The number of amides is 3. The molecule has 2 rings (SSSR count). The summed E-state index contributed by atoms with van der Waals surface area (Å²) in [6, 6.07) is 7.06. The molecule has 3 amide bonds. The maximum Gasteiger partial charge on any atom is 0.321 e. The number of nitrogens with one attached hydrogen (secondary N) is 2. The molecule has 27 heavy (non-hydrogen) atoms. The van der Waals surface area contributed by atoms with Crippen molar-refractivity contribution < 1.29 is 18.7 Å². The smallest absolute Gasteiger partial charge is 0.321 e. The lowest BCUT2D eigenvalue weighted by Gasteiger charge is -2.07. The second kappa shape index (κ2) is 10.6. The molecule has 0 saturated carbocycles. The van der Waals surface area contributed by atoms with Crippen LogP contribution in [0, 0.1) is 5.92 Å². The summed E-state index contributed by atoms with van der Waals surface area (Å²) in [4.78, 5) is 23.4. The first-order valence-electron chi connectivity index (χ1n) is 8.62. The van der Waals surface area contributed by atoms with E-state index < -0.39 is 11.9 Å². The first kappa shape index (κ1) is 20.8. The van der Waals surface area contributed by atoms with Crippen LogP contribution in [0.25, 0.3) is 0 Å². The van der Waals surface area contributed by atoms with Gasteiger partial charge in [0.05, 0.1) is 19.3 Å². The molecular weight excluding hydrogens is 368 g/mol. The fourth-order valence-electron chi connectivity index (χ4n) is 2.09. The summed E-state index contributed by atoms with van der Waals surface area (Å²) >= 11 is 1.08. The number of methoxy groups -OCH3 is 1. The third kappa shape index (κ3) is 7.69. The van der Waals surface area contributed by atoms with Gasteiger partial charge in [-0.25, -0.2) is 4.79 Å². The van der Waals surface area contributed by atoms with Crippen molar-refractivity contribution in [1.29, 1.82) is 0 Å². The molecule has 1 heterocycles. The number of carbonyl (C=O) groups excluding carboxylic acids is 2. The highest BCUT2D eigenvalue weighted by Crippen LogP contribution is 2.18. The molecule has 0 spiro atoms. The van der Waals surface area contributed by atoms with E-state index in [1.165, 1.54) is 0 Å². The molecule has 0 fully saturated rings. The highest BCUT2D eigenvalue weighted by molar-refractivity contribution is 7.99. The van der Waals surface area contributed by atoms with Crippen molar-refractivity contribution in [2.45, 2.75) is 31.9 Å². The average molecular weight is 392 g/mol. The van der Waals surface area contributed by atoms with Gasteiger partial charge in [-0.05, 0) is 30.0 Å². The lowest BCUT2D eigenvalue weighted by molar-refractivity contribution is -0.117. The van der Waals surface area contributed by atoms with E-state index >= 15 is 0 Å². The van der Waals surface area contributed by atoms with Gasteiger partial charge in [-0.15, -0.1) is 10.2 Å². The van der Waals surface area contributed by atoms with Crippen molar-refractivity contribution in [2.24, 2.45) is 5.92 Å². The van der Waals surface area contributed by atoms with Crippen molar-refractivity contribution in [2.75, 3.05) is 19.4 Å². The Morgan fingerprint density at radius 1 is 1.22 bits per heavy atom. The number of hydrogen-bond acceptors (Lipinski definition) is 7. The molecule has 0 bridgehead atoms. The quantitative estimate of drug-likeness (QED) is 0.632. The maximum atomic E-state index is 11.8. The minimum atomic E-state index is -0.494. The van der Waals surface area contributed by atoms with Gasteiger partial charge in [0.1, 0.15) is 5.75 Å². The first-order valence-corrected chi connectivity index (χ1v) is 9.60. The number of ether oxygens (including phenoxy) is 1. The predicted octanol–water partition coefficient (Wildman–Crippen LogP) is 2.63. The summed E-state index contributed by atoms with van der Waals surface area (Å²) in [6.45, 7) is 4.66. The standard InChI is InChI=1S/C18H24N4O4S/c1-12(2)8-9-19-17(24)20-15(23)11-27-18-22-21-16(26-18)10-13-4-6-14(25-3)7-5-13/h4-7,12H,8-11H2,1-3H3,(H2,19,20,23,24). The average Bonchev–Trinajstić information content (AvgIpc) is 3.07. The van der Waals surface area contributed by atoms with E-state index in [2.05, 4.69) is 34.7 Å². The van der Waals surface area contributed by atoms with Crippen molar-refractivity contribution in [1.82, 2.24) is 20.8 Å². The van der Waals surface area contributed by atoms with Crippen molar-refractivity contribution in [3.63, 3.8) is 0 Å². The number of urea groups is 1. The topological polar surface area (TPSA) is 106 Å². The van der Waals surface area contributed by atoms with Crippen LogP contribution in [0.4, 0.5) is 4.79 Å². The normalized spacial score (nSPS) is 10.7. The van der Waals surface area contributed by atoms with Crippen LogP contribution in [-0.2, 0) is 11.2 Å². The third-order valence-electron chi connectivity index (χ3n) is 3.55. The second-order valence-corrected chi connectivity index (χ2v) is 7.19. The van der Waals surface area contributed by atoms with Crippen molar-refractivity contribution in [3.8, 4) is 5.75 Å². The van der Waals surface area contributed by atoms with Crippen LogP contribution in [0.15, 0.2) is 33.9 Å².